The van der Waals surface area contributed by atoms with Crippen LogP contribution < -0.4 is 5.32 Å². The summed E-state index contributed by atoms with van der Waals surface area (Å²) in [6.45, 7) is 1.99. The molecule has 4 heteroatoms. The molecule has 128 valence electrons. The molecule has 0 bridgehead atoms. The summed E-state index contributed by atoms with van der Waals surface area (Å²) in [5.41, 5.74) is 3.75. The van der Waals surface area contributed by atoms with E-state index in [1.54, 1.807) is 11.3 Å². The van der Waals surface area contributed by atoms with Gasteiger partial charge in [0.25, 0.3) is 0 Å². The molecule has 0 aliphatic heterocycles. The lowest BCUT2D eigenvalue weighted by Gasteiger charge is -2.08. The smallest absolute Gasteiger partial charge is 0.228 e. The van der Waals surface area contributed by atoms with Crippen LogP contribution in [0.3, 0.4) is 0 Å². The lowest BCUT2D eigenvalue weighted by Crippen LogP contribution is -2.14. The first kappa shape index (κ1) is 16.5. The first-order valence-corrected chi connectivity index (χ1v) is 9.35. The van der Waals surface area contributed by atoms with Crippen molar-refractivity contribution in [1.82, 2.24) is 4.98 Å². The number of anilines is 1. The van der Waals surface area contributed by atoms with Gasteiger partial charge in [-0.25, -0.2) is 4.98 Å². The summed E-state index contributed by atoms with van der Waals surface area (Å²) in [4.78, 5) is 16.9. The van der Waals surface area contributed by atoms with Gasteiger partial charge < -0.3 is 5.32 Å². The van der Waals surface area contributed by atoms with Crippen LogP contribution in [-0.4, -0.2) is 10.9 Å². The van der Waals surface area contributed by atoms with Crippen LogP contribution in [0.1, 0.15) is 10.6 Å². The number of hydrogen-bond acceptors (Lipinski definition) is 3. The highest BCUT2D eigenvalue weighted by atomic mass is 32.1. The van der Waals surface area contributed by atoms with Gasteiger partial charge in [-0.1, -0.05) is 54.6 Å². The number of nitrogens with zero attached hydrogens (tertiary/aromatic N) is 1. The van der Waals surface area contributed by atoms with E-state index in [1.807, 2.05) is 54.8 Å². The van der Waals surface area contributed by atoms with Gasteiger partial charge in [0, 0.05) is 16.6 Å². The maximum absolute atomic E-state index is 12.4. The average molecular weight is 358 g/mol. The number of hydrogen-bond donors (Lipinski definition) is 1. The molecule has 4 rings (SSSR count). The standard InChI is InChI=1S/C22H18N2OS/c1-15-23-21(14-26-15)19-7-4-8-20(13-19)24-22(25)12-16-9-10-17-5-2-3-6-18(17)11-16/h2-11,13-14H,12H2,1H3,(H,24,25). The zero-order valence-electron chi connectivity index (χ0n) is 14.4. The molecule has 1 N–H and O–H groups in total. The lowest BCUT2D eigenvalue weighted by atomic mass is 10.0. The third-order valence-corrected chi connectivity index (χ3v) is 5.01. The summed E-state index contributed by atoms with van der Waals surface area (Å²) in [5, 5.41) is 8.39. The predicted molar refractivity (Wildman–Crippen MR) is 109 cm³/mol. The molecule has 3 aromatic carbocycles. The van der Waals surface area contributed by atoms with Crippen molar-refractivity contribution in [2.45, 2.75) is 13.3 Å². The van der Waals surface area contributed by atoms with Gasteiger partial charge in [-0.05, 0) is 35.4 Å². The highest BCUT2D eigenvalue weighted by molar-refractivity contribution is 7.09. The van der Waals surface area contributed by atoms with Gasteiger partial charge in [-0.3, -0.25) is 4.79 Å². The molecule has 0 aliphatic carbocycles. The Morgan fingerprint density at radius 2 is 1.85 bits per heavy atom. The first-order chi connectivity index (χ1) is 12.7. The molecular weight excluding hydrogens is 340 g/mol. The van der Waals surface area contributed by atoms with Crippen molar-refractivity contribution < 1.29 is 4.79 Å². The number of rotatable bonds is 4. The molecule has 0 fully saturated rings. The number of amides is 1. The third-order valence-electron chi connectivity index (χ3n) is 4.24. The number of benzene rings is 3. The lowest BCUT2D eigenvalue weighted by molar-refractivity contribution is -0.115. The topological polar surface area (TPSA) is 42.0 Å². The van der Waals surface area contributed by atoms with Crippen LogP contribution in [-0.2, 0) is 11.2 Å². The second-order valence-electron chi connectivity index (χ2n) is 6.24. The maximum atomic E-state index is 12.4. The van der Waals surface area contributed by atoms with Crippen molar-refractivity contribution >= 4 is 33.7 Å². The molecule has 0 radical (unpaired) electrons. The molecule has 0 saturated carbocycles. The Balaban J connectivity index is 1.49. The second-order valence-corrected chi connectivity index (χ2v) is 7.30. The molecule has 1 heterocycles. The minimum atomic E-state index is -0.0214. The second kappa shape index (κ2) is 7.10. The van der Waals surface area contributed by atoms with Gasteiger partial charge in [0.05, 0.1) is 17.1 Å². The summed E-state index contributed by atoms with van der Waals surface area (Å²) in [5.74, 6) is -0.0214. The highest BCUT2D eigenvalue weighted by Crippen LogP contribution is 2.24. The molecule has 0 spiro atoms. The molecule has 1 aromatic heterocycles. The van der Waals surface area contributed by atoms with Crippen LogP contribution in [0.2, 0.25) is 0 Å². The number of aromatic nitrogens is 1. The summed E-state index contributed by atoms with van der Waals surface area (Å²) in [7, 11) is 0. The van der Waals surface area contributed by atoms with E-state index in [0.29, 0.717) is 6.42 Å². The van der Waals surface area contributed by atoms with Crippen molar-refractivity contribution in [2.75, 3.05) is 5.32 Å². The number of thiazole rings is 1. The summed E-state index contributed by atoms with van der Waals surface area (Å²) in [6.07, 6.45) is 0.352. The molecule has 0 atom stereocenters. The van der Waals surface area contributed by atoms with E-state index in [4.69, 9.17) is 0 Å². The zero-order valence-corrected chi connectivity index (χ0v) is 15.2. The van der Waals surface area contributed by atoms with Crippen LogP contribution in [0.4, 0.5) is 5.69 Å². The van der Waals surface area contributed by atoms with Gasteiger partial charge in [-0.2, -0.15) is 0 Å². The Bertz CT molecular complexity index is 1080. The fourth-order valence-electron chi connectivity index (χ4n) is 2.99. The Labute approximate surface area is 156 Å². The van der Waals surface area contributed by atoms with Crippen molar-refractivity contribution in [3.8, 4) is 11.3 Å². The number of carbonyl (C=O) groups is 1. The van der Waals surface area contributed by atoms with Crippen LogP contribution >= 0.6 is 11.3 Å². The Morgan fingerprint density at radius 1 is 1.00 bits per heavy atom. The monoisotopic (exact) mass is 358 g/mol. The van der Waals surface area contributed by atoms with Gasteiger partial charge in [0.1, 0.15) is 0 Å². The normalized spacial score (nSPS) is 10.8. The molecule has 0 saturated heterocycles. The van der Waals surface area contributed by atoms with Gasteiger partial charge in [-0.15, -0.1) is 11.3 Å². The summed E-state index contributed by atoms with van der Waals surface area (Å²) < 4.78 is 0. The molecule has 3 nitrogen and oxygen atoms in total. The fraction of sp³-hybridized carbons (Fsp3) is 0.0909. The first-order valence-electron chi connectivity index (χ1n) is 8.47. The van der Waals surface area contributed by atoms with Gasteiger partial charge in [0.2, 0.25) is 5.91 Å². The maximum Gasteiger partial charge on any atom is 0.228 e. The Hall–Kier alpha value is -2.98. The third kappa shape index (κ3) is 3.65. The van der Waals surface area contributed by atoms with E-state index in [9.17, 15) is 4.79 Å². The molecule has 0 unspecified atom stereocenters. The number of nitrogens with one attached hydrogen (secondary N) is 1. The van der Waals surface area contributed by atoms with E-state index in [2.05, 4.69) is 34.6 Å². The Morgan fingerprint density at radius 3 is 2.65 bits per heavy atom. The fourth-order valence-corrected chi connectivity index (χ4v) is 3.61. The minimum Gasteiger partial charge on any atom is -0.326 e. The van der Waals surface area contributed by atoms with Crippen molar-refractivity contribution in [1.29, 1.82) is 0 Å². The Kier molecular flexibility index (Phi) is 4.50. The number of carbonyl (C=O) groups excluding carboxylic acids is 1. The van der Waals surface area contributed by atoms with Crippen LogP contribution in [0.5, 0.6) is 0 Å². The van der Waals surface area contributed by atoms with E-state index >= 15 is 0 Å². The SMILES string of the molecule is Cc1nc(-c2cccc(NC(=O)Cc3ccc4ccccc4c3)c2)cs1. The largest absolute Gasteiger partial charge is 0.326 e. The van der Waals surface area contributed by atoms with Crippen LogP contribution in [0, 0.1) is 6.92 Å². The molecule has 1 amide bonds. The van der Waals surface area contributed by atoms with Crippen LogP contribution in [0.25, 0.3) is 22.0 Å². The number of aryl methyl sites for hydroxylation is 1. The molecule has 0 aliphatic rings. The highest BCUT2D eigenvalue weighted by Gasteiger charge is 2.07. The van der Waals surface area contributed by atoms with Gasteiger partial charge in [0.15, 0.2) is 0 Å². The van der Waals surface area contributed by atoms with E-state index in [1.165, 1.54) is 5.39 Å². The van der Waals surface area contributed by atoms with E-state index in [-0.39, 0.29) is 5.91 Å². The van der Waals surface area contributed by atoms with E-state index < -0.39 is 0 Å². The van der Waals surface area contributed by atoms with Crippen molar-refractivity contribution in [2.24, 2.45) is 0 Å². The molecule has 26 heavy (non-hydrogen) atoms. The summed E-state index contributed by atoms with van der Waals surface area (Å²) >= 11 is 1.62. The molecular formula is C22H18N2OS. The number of fused-ring (bicyclic) bond motifs is 1. The minimum absolute atomic E-state index is 0.0214. The van der Waals surface area contributed by atoms with Crippen molar-refractivity contribution in [3.63, 3.8) is 0 Å². The molecule has 4 aromatic rings. The zero-order chi connectivity index (χ0) is 17.9. The van der Waals surface area contributed by atoms with Gasteiger partial charge >= 0.3 is 0 Å². The summed E-state index contributed by atoms with van der Waals surface area (Å²) in [6, 6.07) is 22.1. The van der Waals surface area contributed by atoms with Crippen LogP contribution in [0.15, 0.2) is 72.1 Å². The average Bonchev–Trinajstić information content (AvgIpc) is 3.08. The van der Waals surface area contributed by atoms with E-state index in [0.717, 1.165) is 32.9 Å². The van der Waals surface area contributed by atoms with Crippen molar-refractivity contribution in [3.05, 3.63) is 82.7 Å². The quantitative estimate of drug-likeness (QED) is 0.527. The predicted octanol–water partition coefficient (Wildman–Crippen LogP) is 5.45.